The quantitative estimate of drug-likeness (QED) is 0.779. The Labute approximate surface area is 109 Å². The van der Waals surface area contributed by atoms with E-state index in [0.29, 0.717) is 6.04 Å². The Morgan fingerprint density at radius 2 is 2.17 bits per heavy atom. The average molecular weight is 250 g/mol. The van der Waals surface area contributed by atoms with Crippen molar-refractivity contribution in [1.82, 2.24) is 5.32 Å². The summed E-state index contributed by atoms with van der Waals surface area (Å²) in [6.45, 7) is 3.86. The van der Waals surface area contributed by atoms with Crippen molar-refractivity contribution in [3.63, 3.8) is 0 Å². The van der Waals surface area contributed by atoms with Crippen LogP contribution < -0.4 is 10.2 Å². The van der Waals surface area contributed by atoms with E-state index in [1.807, 2.05) is 6.07 Å². The highest BCUT2D eigenvalue weighted by Crippen LogP contribution is 2.30. The fraction of sp³-hybridized carbons (Fsp3) is 0.600. The number of anilines is 1. The third-order valence-corrected chi connectivity index (χ3v) is 3.79. The molecule has 0 spiro atoms. The van der Waals surface area contributed by atoms with Gasteiger partial charge in [0.15, 0.2) is 0 Å². The summed E-state index contributed by atoms with van der Waals surface area (Å²) in [7, 11) is 2.13. The molecular weight excluding hydrogens is 227 g/mol. The Morgan fingerprint density at radius 3 is 2.78 bits per heavy atom. The van der Waals surface area contributed by atoms with Gasteiger partial charge in [-0.3, -0.25) is 0 Å². The first-order valence-electron chi connectivity index (χ1n) is 6.94. The average Bonchev–Trinajstić information content (AvgIpc) is 2.27. The Morgan fingerprint density at radius 1 is 1.39 bits per heavy atom. The van der Waals surface area contributed by atoms with E-state index >= 15 is 0 Å². The van der Waals surface area contributed by atoms with Crippen molar-refractivity contribution >= 4 is 5.69 Å². The van der Waals surface area contributed by atoms with E-state index in [0.717, 1.165) is 25.1 Å². The van der Waals surface area contributed by atoms with Crippen LogP contribution in [0.3, 0.4) is 0 Å². The lowest BCUT2D eigenvalue weighted by atomic mass is 9.91. The van der Waals surface area contributed by atoms with Crippen molar-refractivity contribution in [2.75, 3.05) is 18.5 Å². The first-order chi connectivity index (χ1) is 8.72. The van der Waals surface area contributed by atoms with Crippen LogP contribution >= 0.6 is 0 Å². The first kappa shape index (κ1) is 13.3. The maximum atomic E-state index is 13.4. The van der Waals surface area contributed by atoms with Crippen molar-refractivity contribution in [2.24, 2.45) is 0 Å². The highest BCUT2D eigenvalue weighted by Gasteiger charge is 2.23. The second-order valence-electron chi connectivity index (χ2n) is 5.15. The molecule has 1 saturated carbocycles. The summed E-state index contributed by atoms with van der Waals surface area (Å²) in [5, 5.41) is 3.36. The van der Waals surface area contributed by atoms with E-state index in [9.17, 15) is 4.39 Å². The lowest BCUT2D eigenvalue weighted by molar-refractivity contribution is 0.400. The van der Waals surface area contributed by atoms with Crippen LogP contribution in [0.2, 0.25) is 0 Å². The van der Waals surface area contributed by atoms with Gasteiger partial charge in [-0.2, -0.15) is 0 Å². The summed E-state index contributed by atoms with van der Waals surface area (Å²) < 4.78 is 13.4. The van der Waals surface area contributed by atoms with E-state index in [4.69, 9.17) is 0 Å². The molecule has 1 aliphatic carbocycles. The normalized spacial score (nSPS) is 15.5. The lowest BCUT2D eigenvalue weighted by Gasteiger charge is -2.37. The minimum atomic E-state index is -0.144. The van der Waals surface area contributed by atoms with Gasteiger partial charge in [0.1, 0.15) is 5.82 Å². The smallest absolute Gasteiger partial charge is 0.123 e. The molecule has 3 heteroatoms. The zero-order chi connectivity index (χ0) is 13.0. The second-order valence-corrected chi connectivity index (χ2v) is 5.15. The van der Waals surface area contributed by atoms with Crippen molar-refractivity contribution in [3.8, 4) is 0 Å². The second kappa shape index (κ2) is 6.19. The summed E-state index contributed by atoms with van der Waals surface area (Å²) in [6.07, 6.45) is 4.94. The largest absolute Gasteiger partial charge is 0.371 e. The molecule has 0 bridgehead atoms. The molecule has 2 nitrogen and oxygen atoms in total. The molecule has 0 saturated heterocycles. The SMILES string of the molecule is CCCNCc1cc(F)ccc1N(C)C1CCC1. The van der Waals surface area contributed by atoms with E-state index < -0.39 is 0 Å². The van der Waals surface area contributed by atoms with Crippen LogP contribution in [0.1, 0.15) is 38.2 Å². The molecule has 1 fully saturated rings. The number of hydrogen-bond acceptors (Lipinski definition) is 2. The molecule has 1 N–H and O–H groups in total. The highest BCUT2D eigenvalue weighted by molar-refractivity contribution is 5.54. The van der Waals surface area contributed by atoms with Crippen molar-refractivity contribution in [1.29, 1.82) is 0 Å². The number of halogens is 1. The molecule has 0 aromatic heterocycles. The van der Waals surface area contributed by atoms with Gasteiger partial charge in [-0.05, 0) is 56.0 Å². The summed E-state index contributed by atoms with van der Waals surface area (Å²) in [6, 6.07) is 5.78. The molecule has 0 radical (unpaired) electrons. The molecule has 2 rings (SSSR count). The summed E-state index contributed by atoms with van der Waals surface area (Å²) in [5.41, 5.74) is 2.24. The van der Waals surface area contributed by atoms with Gasteiger partial charge >= 0.3 is 0 Å². The Hall–Kier alpha value is -1.09. The molecule has 1 aromatic rings. The molecular formula is C15H23FN2. The van der Waals surface area contributed by atoms with Crippen LogP contribution in [0.15, 0.2) is 18.2 Å². The van der Waals surface area contributed by atoms with Gasteiger partial charge in [0.2, 0.25) is 0 Å². The monoisotopic (exact) mass is 250 g/mol. The van der Waals surface area contributed by atoms with Gasteiger partial charge < -0.3 is 10.2 Å². The number of nitrogens with zero attached hydrogens (tertiary/aromatic N) is 1. The molecule has 0 amide bonds. The zero-order valence-electron chi connectivity index (χ0n) is 11.4. The predicted molar refractivity (Wildman–Crippen MR) is 74.4 cm³/mol. The molecule has 0 atom stereocenters. The van der Waals surface area contributed by atoms with E-state index in [1.54, 1.807) is 12.1 Å². The van der Waals surface area contributed by atoms with Crippen LogP contribution in [-0.4, -0.2) is 19.6 Å². The fourth-order valence-electron chi connectivity index (χ4n) is 2.41. The maximum absolute atomic E-state index is 13.4. The van der Waals surface area contributed by atoms with Crippen LogP contribution in [0.5, 0.6) is 0 Å². The maximum Gasteiger partial charge on any atom is 0.123 e. The predicted octanol–water partition coefficient (Wildman–Crippen LogP) is 3.31. The van der Waals surface area contributed by atoms with Crippen LogP contribution in [0.25, 0.3) is 0 Å². The third-order valence-electron chi connectivity index (χ3n) is 3.79. The standard InChI is InChI=1S/C15H23FN2/c1-3-9-17-11-12-10-13(16)7-8-15(12)18(2)14-5-4-6-14/h7-8,10,14,17H,3-6,9,11H2,1-2H3. The van der Waals surface area contributed by atoms with Crippen molar-refractivity contribution in [2.45, 2.75) is 45.2 Å². The summed E-state index contributed by atoms with van der Waals surface area (Å²) in [4.78, 5) is 2.31. The van der Waals surface area contributed by atoms with Gasteiger partial charge in [0.05, 0.1) is 0 Å². The molecule has 18 heavy (non-hydrogen) atoms. The molecule has 100 valence electrons. The van der Waals surface area contributed by atoms with Crippen molar-refractivity contribution in [3.05, 3.63) is 29.6 Å². The summed E-state index contributed by atoms with van der Waals surface area (Å²) in [5.74, 6) is -0.144. The van der Waals surface area contributed by atoms with Gasteiger partial charge in [-0.25, -0.2) is 4.39 Å². The Bertz CT molecular complexity index is 388. The van der Waals surface area contributed by atoms with Gasteiger partial charge in [-0.15, -0.1) is 0 Å². The third kappa shape index (κ3) is 3.02. The summed E-state index contributed by atoms with van der Waals surface area (Å²) >= 11 is 0. The lowest BCUT2D eigenvalue weighted by Crippen LogP contribution is -2.37. The van der Waals surface area contributed by atoms with Crippen LogP contribution in [0, 0.1) is 5.82 Å². The highest BCUT2D eigenvalue weighted by atomic mass is 19.1. The Kier molecular flexibility index (Phi) is 4.59. The van der Waals surface area contributed by atoms with Crippen LogP contribution in [-0.2, 0) is 6.54 Å². The minimum absolute atomic E-state index is 0.144. The number of benzene rings is 1. The van der Waals surface area contributed by atoms with E-state index in [1.165, 1.54) is 24.9 Å². The molecule has 1 aromatic carbocycles. The van der Waals surface area contributed by atoms with Crippen LogP contribution in [0.4, 0.5) is 10.1 Å². The molecule has 1 aliphatic rings. The van der Waals surface area contributed by atoms with E-state index in [2.05, 4.69) is 24.2 Å². The first-order valence-corrected chi connectivity index (χ1v) is 6.94. The van der Waals surface area contributed by atoms with Gasteiger partial charge in [0.25, 0.3) is 0 Å². The zero-order valence-corrected chi connectivity index (χ0v) is 11.4. The molecule has 0 unspecified atom stereocenters. The van der Waals surface area contributed by atoms with E-state index in [-0.39, 0.29) is 5.82 Å². The molecule has 0 aliphatic heterocycles. The minimum Gasteiger partial charge on any atom is -0.371 e. The topological polar surface area (TPSA) is 15.3 Å². The molecule has 0 heterocycles. The number of nitrogens with one attached hydrogen (secondary N) is 1. The number of rotatable bonds is 6. The fourth-order valence-corrected chi connectivity index (χ4v) is 2.41. The Balaban J connectivity index is 2.11. The number of hydrogen-bond donors (Lipinski definition) is 1. The van der Waals surface area contributed by atoms with Crippen molar-refractivity contribution < 1.29 is 4.39 Å². The van der Waals surface area contributed by atoms with Gasteiger partial charge in [-0.1, -0.05) is 6.92 Å². The van der Waals surface area contributed by atoms with Gasteiger partial charge in [0, 0.05) is 25.3 Å².